The molecule has 0 bridgehead atoms. The van der Waals surface area contributed by atoms with E-state index in [-0.39, 0.29) is 22.8 Å². The lowest BCUT2D eigenvalue weighted by atomic mass is 10.3. The number of rotatable bonds is 3. The van der Waals surface area contributed by atoms with Crippen LogP contribution in [0.3, 0.4) is 0 Å². The number of nitrogens with zero attached hydrogens (tertiary/aromatic N) is 1. The highest BCUT2D eigenvalue weighted by molar-refractivity contribution is 7.18. The SMILES string of the molecule is Cc1cc2c(=O)n(CC(=O)Nc3ccc(Cl)cc3F)ccc2s1. The van der Waals surface area contributed by atoms with Gasteiger partial charge in [0.25, 0.3) is 5.56 Å². The van der Waals surface area contributed by atoms with Crippen molar-refractivity contribution in [2.45, 2.75) is 13.5 Å². The number of thiophene rings is 1. The predicted octanol–water partition coefficient (Wildman–Crippen LogP) is 3.80. The Morgan fingerprint density at radius 1 is 1.35 bits per heavy atom. The number of nitrogens with one attached hydrogen (secondary N) is 1. The molecule has 0 aliphatic heterocycles. The van der Waals surface area contributed by atoms with Gasteiger partial charge in [0.2, 0.25) is 5.91 Å². The van der Waals surface area contributed by atoms with Crippen LogP contribution < -0.4 is 10.9 Å². The number of fused-ring (bicyclic) bond motifs is 1. The second-order valence-electron chi connectivity index (χ2n) is 5.06. The third-order valence-electron chi connectivity index (χ3n) is 3.30. The fourth-order valence-electron chi connectivity index (χ4n) is 2.26. The molecule has 2 aromatic heterocycles. The molecule has 118 valence electrons. The van der Waals surface area contributed by atoms with E-state index in [0.29, 0.717) is 5.39 Å². The highest BCUT2D eigenvalue weighted by atomic mass is 35.5. The number of halogens is 2. The summed E-state index contributed by atoms with van der Waals surface area (Å²) in [4.78, 5) is 25.4. The maximum atomic E-state index is 13.7. The van der Waals surface area contributed by atoms with Crippen LogP contribution in [0.5, 0.6) is 0 Å². The largest absolute Gasteiger partial charge is 0.322 e. The highest BCUT2D eigenvalue weighted by Gasteiger charge is 2.11. The molecule has 2 heterocycles. The molecule has 0 saturated carbocycles. The van der Waals surface area contributed by atoms with E-state index >= 15 is 0 Å². The van der Waals surface area contributed by atoms with Gasteiger partial charge in [-0.15, -0.1) is 11.3 Å². The van der Waals surface area contributed by atoms with Gasteiger partial charge in [-0.2, -0.15) is 0 Å². The van der Waals surface area contributed by atoms with Crippen molar-refractivity contribution in [3.63, 3.8) is 0 Å². The van der Waals surface area contributed by atoms with Crippen molar-refractivity contribution in [1.82, 2.24) is 4.57 Å². The first-order chi connectivity index (χ1) is 10.9. The third-order valence-corrected chi connectivity index (χ3v) is 4.55. The number of amides is 1. The molecule has 1 amide bonds. The Bertz CT molecular complexity index is 964. The van der Waals surface area contributed by atoms with Gasteiger partial charge in [0.1, 0.15) is 12.4 Å². The lowest BCUT2D eigenvalue weighted by Crippen LogP contribution is -2.27. The normalized spacial score (nSPS) is 10.9. The molecule has 7 heteroatoms. The average molecular weight is 351 g/mol. The summed E-state index contributed by atoms with van der Waals surface area (Å²) in [6.07, 6.45) is 1.57. The highest BCUT2D eigenvalue weighted by Crippen LogP contribution is 2.22. The van der Waals surface area contributed by atoms with Crippen molar-refractivity contribution in [1.29, 1.82) is 0 Å². The van der Waals surface area contributed by atoms with E-state index in [9.17, 15) is 14.0 Å². The van der Waals surface area contributed by atoms with Crippen molar-refractivity contribution >= 4 is 44.6 Å². The van der Waals surface area contributed by atoms with Crippen molar-refractivity contribution < 1.29 is 9.18 Å². The van der Waals surface area contributed by atoms with E-state index < -0.39 is 11.7 Å². The standard InChI is InChI=1S/C16H12ClFN2O2S/c1-9-6-11-14(23-9)4-5-20(16(11)22)8-15(21)19-13-3-2-10(17)7-12(13)18/h2-7H,8H2,1H3,(H,19,21). The first-order valence-electron chi connectivity index (χ1n) is 6.78. The summed E-state index contributed by atoms with van der Waals surface area (Å²) in [5.74, 6) is -1.11. The molecule has 0 aliphatic carbocycles. The number of carbonyl (C=O) groups is 1. The van der Waals surface area contributed by atoms with Crippen LogP contribution in [0.1, 0.15) is 4.88 Å². The van der Waals surface area contributed by atoms with Crippen molar-refractivity contribution in [2.75, 3.05) is 5.32 Å². The summed E-state index contributed by atoms with van der Waals surface area (Å²) in [6.45, 7) is 1.73. The molecule has 0 spiro atoms. The molecule has 0 aliphatic rings. The van der Waals surface area contributed by atoms with Gasteiger partial charge < -0.3 is 9.88 Å². The molecule has 3 rings (SSSR count). The van der Waals surface area contributed by atoms with Gasteiger partial charge in [-0.25, -0.2) is 4.39 Å². The minimum absolute atomic E-state index is 0.0277. The maximum Gasteiger partial charge on any atom is 0.259 e. The van der Waals surface area contributed by atoms with E-state index in [1.807, 2.05) is 6.92 Å². The molecule has 4 nitrogen and oxygen atoms in total. The molecule has 0 saturated heterocycles. The third kappa shape index (κ3) is 3.28. The van der Waals surface area contributed by atoms with Crippen molar-refractivity contribution in [2.24, 2.45) is 0 Å². The minimum atomic E-state index is -0.623. The summed E-state index contributed by atoms with van der Waals surface area (Å²) < 4.78 is 15.9. The summed E-state index contributed by atoms with van der Waals surface area (Å²) in [7, 11) is 0. The van der Waals surface area contributed by atoms with Crippen molar-refractivity contribution in [3.8, 4) is 0 Å². The Kier molecular flexibility index (Phi) is 4.19. The number of anilines is 1. The lowest BCUT2D eigenvalue weighted by molar-refractivity contribution is -0.116. The van der Waals surface area contributed by atoms with Gasteiger partial charge in [-0.1, -0.05) is 11.6 Å². The first kappa shape index (κ1) is 15.7. The summed E-state index contributed by atoms with van der Waals surface area (Å²) >= 11 is 7.19. The molecule has 0 radical (unpaired) electrons. The molecule has 0 fully saturated rings. The molecular weight excluding hydrogens is 339 g/mol. The van der Waals surface area contributed by atoms with Gasteiger partial charge in [-0.05, 0) is 37.3 Å². The monoisotopic (exact) mass is 350 g/mol. The van der Waals surface area contributed by atoms with E-state index in [2.05, 4.69) is 5.32 Å². The van der Waals surface area contributed by atoms with Gasteiger partial charge in [-0.3, -0.25) is 9.59 Å². The number of hydrogen-bond donors (Lipinski definition) is 1. The fourth-order valence-corrected chi connectivity index (χ4v) is 3.33. The Morgan fingerprint density at radius 3 is 2.87 bits per heavy atom. The lowest BCUT2D eigenvalue weighted by Gasteiger charge is -2.08. The minimum Gasteiger partial charge on any atom is -0.322 e. The van der Waals surface area contributed by atoms with Crippen LogP contribution >= 0.6 is 22.9 Å². The number of hydrogen-bond acceptors (Lipinski definition) is 3. The predicted molar refractivity (Wildman–Crippen MR) is 90.9 cm³/mol. The summed E-state index contributed by atoms with van der Waals surface area (Å²) in [6, 6.07) is 7.57. The Labute approximate surface area is 140 Å². The van der Waals surface area contributed by atoms with Crippen LogP contribution in [0.25, 0.3) is 10.1 Å². The second-order valence-corrected chi connectivity index (χ2v) is 6.78. The van der Waals surface area contributed by atoms with Crippen LogP contribution in [0.15, 0.2) is 41.3 Å². The second kappa shape index (κ2) is 6.14. The van der Waals surface area contributed by atoms with E-state index in [1.54, 1.807) is 18.3 Å². The molecule has 1 aromatic carbocycles. The van der Waals surface area contributed by atoms with Gasteiger partial charge in [0, 0.05) is 20.8 Å². The number of benzene rings is 1. The Hall–Kier alpha value is -2.18. The smallest absolute Gasteiger partial charge is 0.259 e. The summed E-state index contributed by atoms with van der Waals surface area (Å²) in [5.41, 5.74) is -0.210. The topological polar surface area (TPSA) is 51.1 Å². The maximum absolute atomic E-state index is 13.7. The zero-order valence-corrected chi connectivity index (χ0v) is 13.7. The van der Waals surface area contributed by atoms with Crippen molar-refractivity contribution in [3.05, 3.63) is 62.6 Å². The van der Waals surface area contributed by atoms with Gasteiger partial charge in [0.15, 0.2) is 0 Å². The van der Waals surface area contributed by atoms with Crippen LogP contribution in [-0.2, 0) is 11.3 Å². The van der Waals surface area contributed by atoms with Crippen LogP contribution in [-0.4, -0.2) is 10.5 Å². The van der Waals surface area contributed by atoms with Gasteiger partial charge >= 0.3 is 0 Å². The number of aryl methyl sites for hydroxylation is 1. The van der Waals surface area contributed by atoms with Crippen LogP contribution in [0.2, 0.25) is 5.02 Å². The van der Waals surface area contributed by atoms with Crippen LogP contribution in [0, 0.1) is 12.7 Å². The number of carbonyl (C=O) groups excluding carboxylic acids is 1. The molecule has 3 aromatic rings. The molecule has 23 heavy (non-hydrogen) atoms. The van der Waals surface area contributed by atoms with E-state index in [0.717, 1.165) is 15.6 Å². The van der Waals surface area contributed by atoms with E-state index in [1.165, 1.54) is 28.0 Å². The zero-order chi connectivity index (χ0) is 16.6. The molecule has 1 N–H and O–H groups in total. The number of aromatic nitrogens is 1. The first-order valence-corrected chi connectivity index (χ1v) is 7.98. The summed E-state index contributed by atoms with van der Waals surface area (Å²) in [5, 5.41) is 3.27. The molecule has 0 atom stereocenters. The molecular formula is C16H12ClFN2O2S. The van der Waals surface area contributed by atoms with Gasteiger partial charge in [0.05, 0.1) is 11.1 Å². The Balaban J connectivity index is 1.82. The average Bonchev–Trinajstić information content (AvgIpc) is 2.87. The van der Waals surface area contributed by atoms with Crippen LogP contribution in [0.4, 0.5) is 10.1 Å². The van der Waals surface area contributed by atoms with E-state index in [4.69, 9.17) is 11.6 Å². The molecule has 0 unspecified atom stereocenters. The quantitative estimate of drug-likeness (QED) is 0.781. The number of pyridine rings is 1. The zero-order valence-electron chi connectivity index (χ0n) is 12.1. The fraction of sp³-hybridized carbons (Fsp3) is 0.125. The Morgan fingerprint density at radius 2 is 2.13 bits per heavy atom.